The number of nitrogens with one attached hydrogen (secondary N) is 2. The normalized spacial score (nSPS) is 12.7. The molecule has 0 unspecified atom stereocenters. The monoisotopic (exact) mass is 550 g/mol. The highest BCUT2D eigenvalue weighted by Gasteiger charge is 2.18. The third-order valence-corrected chi connectivity index (χ3v) is 7.29. The predicted octanol–water partition coefficient (Wildman–Crippen LogP) is 5.03. The molecule has 1 aliphatic heterocycles. The molecule has 2 amide bonds. The van der Waals surface area contributed by atoms with Crippen LogP contribution in [0.25, 0.3) is 0 Å². The summed E-state index contributed by atoms with van der Waals surface area (Å²) in [5, 5.41) is 5.93. The summed E-state index contributed by atoms with van der Waals surface area (Å²) < 4.78 is 10.5. The number of para-hydroxylation sites is 1. The smallest absolute Gasteiger partial charge is 0.255 e. The molecule has 0 aliphatic carbocycles. The summed E-state index contributed by atoms with van der Waals surface area (Å²) in [5.41, 5.74) is 13.1. The second-order valence-electron chi connectivity index (χ2n) is 10.0. The van der Waals surface area contributed by atoms with Crippen molar-refractivity contribution in [2.75, 3.05) is 31.8 Å². The van der Waals surface area contributed by atoms with E-state index in [4.69, 9.17) is 15.2 Å². The van der Waals surface area contributed by atoms with Crippen molar-refractivity contribution in [3.63, 3.8) is 0 Å². The van der Waals surface area contributed by atoms with Crippen LogP contribution in [0, 0.1) is 0 Å². The van der Waals surface area contributed by atoms with Gasteiger partial charge in [-0.3, -0.25) is 14.5 Å². The summed E-state index contributed by atoms with van der Waals surface area (Å²) in [6.45, 7) is 2.82. The third-order valence-electron chi connectivity index (χ3n) is 7.29. The van der Waals surface area contributed by atoms with Crippen LogP contribution in [0.3, 0.4) is 0 Å². The van der Waals surface area contributed by atoms with Crippen LogP contribution in [0.2, 0.25) is 0 Å². The lowest BCUT2D eigenvalue weighted by Crippen LogP contribution is -2.30. The number of benzene rings is 4. The molecule has 0 aromatic heterocycles. The van der Waals surface area contributed by atoms with Gasteiger partial charge in [0.2, 0.25) is 0 Å². The summed E-state index contributed by atoms with van der Waals surface area (Å²) in [6, 6.07) is 26.3. The van der Waals surface area contributed by atoms with E-state index < -0.39 is 0 Å². The lowest BCUT2D eigenvalue weighted by atomic mass is 9.98. The zero-order valence-corrected chi connectivity index (χ0v) is 23.3. The highest BCUT2D eigenvalue weighted by Crippen LogP contribution is 2.28. The standard InChI is InChI=1S/C33H34N4O4/c1-40-30-13-11-25(18-31(30)41-2)32(38)35-19-22-6-5-8-24(16-22)33(39)36-28-12-10-23-14-15-37(21-27(23)17-28)20-26-7-3-4-9-29(26)34/h3-13,16-18H,14-15,19-21,34H2,1-2H3,(H,35,38)(H,36,39). The van der Waals surface area contributed by atoms with Crippen molar-refractivity contribution in [1.29, 1.82) is 0 Å². The lowest BCUT2D eigenvalue weighted by molar-refractivity contribution is 0.0950. The van der Waals surface area contributed by atoms with Gasteiger partial charge in [0.05, 0.1) is 14.2 Å². The van der Waals surface area contributed by atoms with E-state index in [-0.39, 0.29) is 18.4 Å². The second kappa shape index (κ2) is 12.6. The minimum atomic E-state index is -0.251. The van der Waals surface area contributed by atoms with Crippen molar-refractivity contribution in [2.45, 2.75) is 26.1 Å². The lowest BCUT2D eigenvalue weighted by Gasteiger charge is -2.29. The van der Waals surface area contributed by atoms with Crippen molar-refractivity contribution in [2.24, 2.45) is 0 Å². The first-order valence-electron chi connectivity index (χ1n) is 13.5. The Kier molecular flexibility index (Phi) is 8.50. The van der Waals surface area contributed by atoms with Crippen LogP contribution in [0.4, 0.5) is 11.4 Å². The molecular formula is C33H34N4O4. The first kappa shape index (κ1) is 27.7. The molecule has 0 saturated heterocycles. The van der Waals surface area contributed by atoms with Gasteiger partial charge in [-0.15, -0.1) is 0 Å². The minimum absolute atomic E-state index is 0.206. The average Bonchev–Trinajstić information content (AvgIpc) is 3.00. The molecule has 1 heterocycles. The third kappa shape index (κ3) is 6.67. The molecule has 4 aromatic carbocycles. The number of carbonyl (C=O) groups excluding carboxylic acids is 2. The minimum Gasteiger partial charge on any atom is -0.493 e. The first-order chi connectivity index (χ1) is 19.9. The number of ether oxygens (including phenoxy) is 2. The fourth-order valence-electron chi connectivity index (χ4n) is 5.03. The zero-order chi connectivity index (χ0) is 28.8. The van der Waals surface area contributed by atoms with E-state index in [0.29, 0.717) is 22.6 Å². The number of fused-ring (bicyclic) bond motifs is 1. The molecular weight excluding hydrogens is 516 g/mol. The van der Waals surface area contributed by atoms with Gasteiger partial charge in [-0.05, 0) is 77.2 Å². The summed E-state index contributed by atoms with van der Waals surface area (Å²) in [4.78, 5) is 28.2. The van der Waals surface area contributed by atoms with Crippen molar-refractivity contribution in [1.82, 2.24) is 10.2 Å². The number of amides is 2. The molecule has 0 spiro atoms. The van der Waals surface area contributed by atoms with Crippen molar-refractivity contribution in [3.05, 3.63) is 118 Å². The Morgan fingerprint density at radius 3 is 2.44 bits per heavy atom. The molecule has 0 saturated carbocycles. The van der Waals surface area contributed by atoms with E-state index in [1.165, 1.54) is 18.2 Å². The summed E-state index contributed by atoms with van der Waals surface area (Å²) in [5.74, 6) is 0.576. The van der Waals surface area contributed by atoms with Crippen LogP contribution in [0.1, 0.15) is 43.0 Å². The highest BCUT2D eigenvalue weighted by atomic mass is 16.5. The maximum absolute atomic E-state index is 13.1. The van der Waals surface area contributed by atoms with Crippen LogP contribution in [-0.4, -0.2) is 37.5 Å². The Bertz CT molecular complexity index is 1570. The van der Waals surface area contributed by atoms with Crippen LogP contribution >= 0.6 is 0 Å². The molecule has 0 radical (unpaired) electrons. The van der Waals surface area contributed by atoms with Gasteiger partial charge in [0.25, 0.3) is 11.8 Å². The van der Waals surface area contributed by atoms with E-state index in [1.807, 2.05) is 36.4 Å². The molecule has 4 aromatic rings. The van der Waals surface area contributed by atoms with Crippen LogP contribution in [0.5, 0.6) is 11.5 Å². The quantitative estimate of drug-likeness (QED) is 0.253. The van der Waals surface area contributed by atoms with Crippen LogP contribution in [0.15, 0.2) is 84.9 Å². The van der Waals surface area contributed by atoms with E-state index in [0.717, 1.165) is 48.6 Å². The molecule has 8 heteroatoms. The highest BCUT2D eigenvalue weighted by molar-refractivity contribution is 6.04. The summed E-state index contributed by atoms with van der Waals surface area (Å²) >= 11 is 0. The fourth-order valence-corrected chi connectivity index (χ4v) is 5.03. The Morgan fingerprint density at radius 1 is 0.829 bits per heavy atom. The maximum atomic E-state index is 13.1. The van der Waals surface area contributed by atoms with Gasteiger partial charge < -0.3 is 25.8 Å². The predicted molar refractivity (Wildman–Crippen MR) is 160 cm³/mol. The molecule has 210 valence electrons. The molecule has 8 nitrogen and oxygen atoms in total. The molecule has 5 rings (SSSR count). The van der Waals surface area contributed by atoms with E-state index in [9.17, 15) is 9.59 Å². The Morgan fingerprint density at radius 2 is 1.63 bits per heavy atom. The summed E-state index contributed by atoms with van der Waals surface area (Å²) in [6.07, 6.45) is 0.952. The van der Waals surface area contributed by atoms with Gasteiger partial charge in [0, 0.05) is 48.7 Å². The van der Waals surface area contributed by atoms with Gasteiger partial charge in [-0.2, -0.15) is 0 Å². The van der Waals surface area contributed by atoms with Crippen LogP contribution < -0.4 is 25.8 Å². The topological polar surface area (TPSA) is 106 Å². The largest absolute Gasteiger partial charge is 0.493 e. The van der Waals surface area contributed by atoms with Gasteiger partial charge >= 0.3 is 0 Å². The molecule has 0 bridgehead atoms. The van der Waals surface area contributed by atoms with E-state index >= 15 is 0 Å². The van der Waals surface area contributed by atoms with Crippen molar-refractivity contribution < 1.29 is 19.1 Å². The number of nitrogen functional groups attached to an aromatic ring is 1. The van der Waals surface area contributed by atoms with Crippen molar-refractivity contribution in [3.8, 4) is 11.5 Å². The van der Waals surface area contributed by atoms with Gasteiger partial charge in [-0.1, -0.05) is 36.4 Å². The maximum Gasteiger partial charge on any atom is 0.255 e. The fraction of sp³-hybridized carbons (Fsp3) is 0.212. The number of anilines is 2. The van der Waals surface area contributed by atoms with Crippen molar-refractivity contribution >= 4 is 23.2 Å². The molecule has 0 fully saturated rings. The molecule has 1 aliphatic rings. The Hall–Kier alpha value is -4.82. The number of methoxy groups -OCH3 is 2. The van der Waals surface area contributed by atoms with Gasteiger partial charge in [-0.25, -0.2) is 0 Å². The SMILES string of the molecule is COc1ccc(C(=O)NCc2cccc(C(=O)Nc3ccc4c(c3)CN(Cc3ccccc3N)CC4)c2)cc1OC. The number of carbonyl (C=O) groups is 2. The van der Waals surface area contributed by atoms with Gasteiger partial charge in [0.1, 0.15) is 0 Å². The van der Waals surface area contributed by atoms with Crippen LogP contribution in [-0.2, 0) is 26.1 Å². The number of rotatable bonds is 9. The molecule has 41 heavy (non-hydrogen) atoms. The number of nitrogens with zero attached hydrogens (tertiary/aromatic N) is 1. The Balaban J connectivity index is 1.20. The second-order valence-corrected chi connectivity index (χ2v) is 10.0. The van der Waals surface area contributed by atoms with E-state index in [2.05, 4.69) is 33.7 Å². The zero-order valence-electron chi connectivity index (χ0n) is 23.3. The number of hydrogen-bond donors (Lipinski definition) is 3. The Labute approximate surface area is 240 Å². The number of nitrogens with two attached hydrogens (primary N) is 1. The van der Waals surface area contributed by atoms with E-state index in [1.54, 1.807) is 37.4 Å². The molecule has 4 N–H and O–H groups in total. The number of hydrogen-bond acceptors (Lipinski definition) is 6. The first-order valence-corrected chi connectivity index (χ1v) is 13.5. The average molecular weight is 551 g/mol. The summed E-state index contributed by atoms with van der Waals surface area (Å²) in [7, 11) is 3.07. The van der Waals surface area contributed by atoms with Gasteiger partial charge in [0.15, 0.2) is 11.5 Å². The molecule has 0 atom stereocenters.